The number of rotatable bonds is 5. The smallest absolute Gasteiger partial charge is 0.300 e. The number of Topliss-reactive ketones (excluding diaryl/α,β-unsaturated/α-hetero) is 2. The molecule has 4 aliphatic rings. The number of carboxylic acids is 1. The van der Waals surface area contributed by atoms with Gasteiger partial charge in [-0.3, -0.25) is 44.0 Å². The van der Waals surface area contributed by atoms with E-state index in [-0.39, 0.29) is 17.4 Å². The predicted octanol–water partition coefficient (Wildman–Crippen LogP) is 8.45. The van der Waals surface area contributed by atoms with Gasteiger partial charge in [0.2, 0.25) is 5.78 Å². The number of aromatic nitrogens is 6. The zero-order chi connectivity index (χ0) is 41.6. The zero-order valence-electron chi connectivity index (χ0n) is 32.0. The number of nitrogens with zero attached hydrogens (tertiary/aromatic N) is 9. The van der Waals surface area contributed by atoms with Gasteiger partial charge < -0.3 is 16.2 Å². The number of H-pyrrole nitrogens is 1. The Morgan fingerprint density at radius 2 is 1.17 bits per heavy atom. The number of carboxylic acid groups (broad SMARTS) is 1. The average molecular weight is 979 g/mol. The Balaban J connectivity index is 0.000000151. The molecule has 4 saturated heterocycles. The van der Waals surface area contributed by atoms with Crippen LogP contribution in [0.15, 0.2) is 113 Å². The van der Waals surface area contributed by atoms with Crippen molar-refractivity contribution in [1.82, 2.24) is 55.7 Å². The van der Waals surface area contributed by atoms with Gasteiger partial charge in [-0.05, 0) is 92.5 Å². The number of benzene rings is 2. The number of ketones is 2. The number of halogens is 4. The summed E-state index contributed by atoms with van der Waals surface area (Å²) in [6, 6.07) is 24.6. The molecule has 0 radical (unpaired) electrons. The van der Waals surface area contributed by atoms with E-state index in [2.05, 4.69) is 76.4 Å². The van der Waals surface area contributed by atoms with E-state index in [0.717, 1.165) is 49.5 Å². The van der Waals surface area contributed by atoms with Crippen LogP contribution in [0.4, 0.5) is 0 Å². The molecule has 5 aromatic heterocycles. The van der Waals surface area contributed by atoms with E-state index in [1.807, 2.05) is 42.5 Å². The van der Waals surface area contributed by atoms with Crippen molar-refractivity contribution in [3.05, 3.63) is 134 Å². The highest BCUT2D eigenvalue weighted by atomic mass is 79.9. The Labute approximate surface area is 371 Å². The summed E-state index contributed by atoms with van der Waals surface area (Å²) < 4.78 is 1.65. The minimum atomic E-state index is -0.833. The molecule has 4 aliphatic heterocycles. The van der Waals surface area contributed by atoms with E-state index in [0.29, 0.717) is 21.1 Å². The lowest BCUT2D eigenvalue weighted by Gasteiger charge is -2.56. The van der Waals surface area contributed by atoms with Crippen LogP contribution >= 0.6 is 55.1 Å². The van der Waals surface area contributed by atoms with E-state index in [1.165, 1.54) is 52.1 Å². The number of aromatic amines is 1. The van der Waals surface area contributed by atoms with Gasteiger partial charge in [0.1, 0.15) is 5.69 Å². The van der Waals surface area contributed by atoms with Gasteiger partial charge in [0.05, 0.1) is 85.5 Å². The summed E-state index contributed by atoms with van der Waals surface area (Å²) in [7, 11) is 0. The number of aliphatic carboxylic acids is 1. The van der Waals surface area contributed by atoms with Gasteiger partial charge >= 0.3 is 0 Å². The lowest BCUT2D eigenvalue weighted by Crippen LogP contribution is -2.71. The van der Waals surface area contributed by atoms with E-state index in [4.69, 9.17) is 38.1 Å². The van der Waals surface area contributed by atoms with E-state index >= 15 is 0 Å². The molecule has 9 heterocycles. The van der Waals surface area contributed by atoms with Gasteiger partial charge in [-0.1, -0.05) is 47.5 Å². The molecule has 0 aliphatic carbocycles. The Hall–Kier alpha value is -5.08. The van der Waals surface area contributed by atoms with Gasteiger partial charge in [0, 0.05) is 49.4 Å². The van der Waals surface area contributed by atoms with Crippen LogP contribution in [0.1, 0.15) is 27.8 Å². The Kier molecular flexibility index (Phi) is 14.8. The first-order valence-electron chi connectivity index (χ1n) is 18.0. The molecular formula is C41H37Br2Cl2N11O4. The number of imidazole rings is 1. The molecule has 11 rings (SSSR count). The van der Waals surface area contributed by atoms with Crippen molar-refractivity contribution in [3.63, 3.8) is 0 Å². The second-order valence-electron chi connectivity index (χ2n) is 13.6. The van der Waals surface area contributed by atoms with E-state index in [1.54, 1.807) is 49.1 Å². The molecule has 5 N–H and O–H groups in total. The predicted molar refractivity (Wildman–Crippen MR) is 238 cm³/mol. The average Bonchev–Trinajstić information content (AvgIpc) is 3.70. The minimum Gasteiger partial charge on any atom is -0.481 e. The molecule has 0 atom stereocenters. The van der Waals surface area contributed by atoms with Gasteiger partial charge in [0.25, 0.3) is 11.8 Å². The van der Waals surface area contributed by atoms with Gasteiger partial charge in [-0.15, -0.1) is 0 Å². The summed E-state index contributed by atoms with van der Waals surface area (Å²) in [5.41, 5.74) is 6.62. The minimum absolute atomic E-state index is 0. The summed E-state index contributed by atoms with van der Waals surface area (Å²) in [5.74, 6) is -2.15. The van der Waals surface area contributed by atoms with Gasteiger partial charge in [-0.2, -0.15) is 0 Å². The largest absolute Gasteiger partial charge is 0.481 e. The lowest BCUT2D eigenvalue weighted by atomic mass is 10.0. The standard InChI is InChI=1S/C17H10BrClN4.C16H8BrClN2O2.C6H12N4.C2H4O2.H3N/c18-11-7-15-13(20-8-11)4-5-14(23-15)17-16(21-9-22-17)10-2-1-3-12(19)6-10;17-10-7-14-12(19-8-10)4-5-13(20-14)16(22)15(21)9-2-1-3-11(18)6-9;1-7-2-9-4-8(1)5-10(3-7)6-9;1-2(3)4;/h1-9H,(H,21,22);1-8H;1-6H2;1H3,(H,3,4);1H3. The van der Waals surface area contributed by atoms with Crippen LogP contribution in [-0.4, -0.2) is 112 Å². The summed E-state index contributed by atoms with van der Waals surface area (Å²) in [6.45, 7) is 8.21. The van der Waals surface area contributed by atoms with Crippen molar-refractivity contribution in [2.24, 2.45) is 0 Å². The molecule has 4 fully saturated rings. The van der Waals surface area contributed by atoms with Gasteiger partial charge in [0.15, 0.2) is 0 Å². The molecule has 2 aromatic carbocycles. The second-order valence-corrected chi connectivity index (χ2v) is 16.3. The Morgan fingerprint density at radius 1 is 0.650 bits per heavy atom. The van der Waals surface area contributed by atoms with Crippen molar-refractivity contribution >= 4 is 94.7 Å². The maximum atomic E-state index is 12.3. The van der Waals surface area contributed by atoms with Crippen molar-refractivity contribution < 1.29 is 19.5 Å². The number of carbonyl (C=O) groups excluding carboxylic acids is 2. The summed E-state index contributed by atoms with van der Waals surface area (Å²) in [5, 5.41) is 8.49. The third-order valence-corrected chi connectivity index (χ3v) is 10.3. The highest BCUT2D eigenvalue weighted by molar-refractivity contribution is 9.10. The van der Waals surface area contributed by atoms with Crippen molar-refractivity contribution in [2.45, 2.75) is 6.92 Å². The number of hydrogen-bond acceptors (Lipinski definition) is 13. The molecule has 0 saturated carbocycles. The Morgan fingerprint density at radius 3 is 1.72 bits per heavy atom. The van der Waals surface area contributed by atoms with Crippen molar-refractivity contribution in [2.75, 3.05) is 40.0 Å². The van der Waals surface area contributed by atoms with Crippen LogP contribution in [0.3, 0.4) is 0 Å². The fraction of sp³-hybridized carbons (Fsp3) is 0.171. The van der Waals surface area contributed by atoms with Crippen molar-refractivity contribution in [1.29, 1.82) is 0 Å². The molecule has 15 nitrogen and oxygen atoms in total. The molecule has 0 unspecified atom stereocenters. The number of pyridine rings is 4. The molecule has 19 heteroatoms. The highest BCUT2D eigenvalue weighted by Crippen LogP contribution is 2.30. The lowest BCUT2D eigenvalue weighted by molar-refractivity contribution is -0.194. The topological polar surface area (TPSA) is 200 Å². The normalized spacial score (nSPS) is 18.1. The molecule has 4 bridgehead atoms. The highest BCUT2D eigenvalue weighted by Gasteiger charge is 2.36. The number of nitrogens with one attached hydrogen (secondary N) is 1. The molecule has 60 heavy (non-hydrogen) atoms. The molecular weight excluding hydrogens is 941 g/mol. The quantitative estimate of drug-likeness (QED) is 0.110. The van der Waals surface area contributed by atoms with Crippen molar-refractivity contribution in [3.8, 4) is 22.6 Å². The van der Waals surface area contributed by atoms with Crippen LogP contribution in [-0.2, 0) is 4.79 Å². The third kappa shape index (κ3) is 11.2. The fourth-order valence-corrected chi connectivity index (χ4v) is 7.70. The zero-order valence-corrected chi connectivity index (χ0v) is 36.7. The first-order valence-corrected chi connectivity index (χ1v) is 20.3. The molecule has 308 valence electrons. The SMILES string of the molecule is C1N2CN3CN1CN(C2)C3.CC(=O)O.Clc1cccc(-c2nc[nH]c2-c2ccc3ncc(Br)cc3n2)c1.N.O=C(C(=O)c1ccc2ncc(Br)cc2n1)c1cccc(Cl)c1. The van der Waals surface area contributed by atoms with E-state index in [9.17, 15) is 9.59 Å². The summed E-state index contributed by atoms with van der Waals surface area (Å²) >= 11 is 18.7. The Bertz CT molecular complexity index is 2630. The van der Waals surface area contributed by atoms with E-state index < -0.39 is 17.5 Å². The number of fused-ring (bicyclic) bond motifs is 2. The fourth-order valence-electron chi connectivity index (χ4n) is 6.68. The van der Waals surface area contributed by atoms with Crippen LogP contribution in [0.5, 0.6) is 0 Å². The van der Waals surface area contributed by atoms with Gasteiger partial charge in [-0.25, -0.2) is 15.0 Å². The first-order chi connectivity index (χ1) is 28.4. The number of hydrogen-bond donors (Lipinski definition) is 3. The second kappa shape index (κ2) is 20.0. The summed E-state index contributed by atoms with van der Waals surface area (Å²) in [6.07, 6.45) is 5.07. The maximum Gasteiger partial charge on any atom is 0.300 e. The molecule has 7 aromatic rings. The summed E-state index contributed by atoms with van der Waals surface area (Å²) in [4.78, 5) is 68.4. The van der Waals surface area contributed by atoms with Crippen LogP contribution in [0, 0.1) is 0 Å². The maximum absolute atomic E-state index is 12.3. The van der Waals surface area contributed by atoms with Crippen LogP contribution in [0.25, 0.3) is 44.7 Å². The van der Waals surface area contributed by atoms with Crippen LogP contribution in [0.2, 0.25) is 10.0 Å². The van der Waals surface area contributed by atoms with Crippen LogP contribution < -0.4 is 6.15 Å². The first kappa shape index (κ1) is 44.5. The number of carbonyl (C=O) groups is 3. The monoisotopic (exact) mass is 975 g/mol. The third-order valence-electron chi connectivity index (χ3n) is 8.93. The molecule has 0 amide bonds. The molecule has 0 spiro atoms.